The number of methoxy groups -OCH3 is 1. The zero-order valence-corrected chi connectivity index (χ0v) is 14.4. The lowest BCUT2D eigenvalue weighted by molar-refractivity contribution is 0.282. The van der Waals surface area contributed by atoms with Gasteiger partial charge in [-0.2, -0.15) is 0 Å². The van der Waals surface area contributed by atoms with Gasteiger partial charge >= 0.3 is 0 Å². The molecule has 0 heterocycles. The van der Waals surface area contributed by atoms with Crippen LogP contribution in [0.25, 0.3) is 0 Å². The van der Waals surface area contributed by atoms with Crippen LogP contribution < -0.4 is 9.47 Å². The molecule has 0 amide bonds. The molecule has 0 spiro atoms. The fourth-order valence-electron chi connectivity index (χ4n) is 1.80. The van der Waals surface area contributed by atoms with Crippen LogP contribution in [0.1, 0.15) is 11.1 Å². The average Bonchev–Trinajstić information content (AvgIpc) is 2.46. The van der Waals surface area contributed by atoms with E-state index in [1.54, 1.807) is 19.2 Å². The van der Waals surface area contributed by atoms with E-state index in [9.17, 15) is 0 Å². The molecule has 4 nitrogen and oxygen atoms in total. The lowest BCUT2D eigenvalue weighted by Crippen LogP contribution is -1.99. The molecule has 6 heteroatoms. The second-order valence-electron chi connectivity index (χ2n) is 4.20. The molecule has 0 radical (unpaired) electrons. The van der Waals surface area contributed by atoms with Crippen molar-refractivity contribution >= 4 is 38.1 Å². The zero-order valence-electron chi connectivity index (χ0n) is 11.2. The summed E-state index contributed by atoms with van der Waals surface area (Å²) in [7, 11) is 1.56. The number of hydrogen-bond acceptors (Lipinski definition) is 4. The minimum atomic E-state index is 0.418. The summed E-state index contributed by atoms with van der Waals surface area (Å²) in [5.41, 5.74) is 1.75. The first-order valence-electron chi connectivity index (χ1n) is 6.06. The molecule has 0 fully saturated rings. The van der Waals surface area contributed by atoms with E-state index in [1.807, 2.05) is 24.3 Å². The van der Waals surface area contributed by atoms with E-state index in [0.717, 1.165) is 14.5 Å². The number of rotatable bonds is 5. The fourth-order valence-corrected chi connectivity index (χ4v) is 2.82. The summed E-state index contributed by atoms with van der Waals surface area (Å²) < 4.78 is 12.9. The fraction of sp³-hybridized carbons (Fsp3) is 0.133. The summed E-state index contributed by atoms with van der Waals surface area (Å²) in [6, 6.07) is 11.4. The minimum absolute atomic E-state index is 0.418. The van der Waals surface area contributed by atoms with Gasteiger partial charge in [0.15, 0.2) is 11.5 Å². The van der Waals surface area contributed by atoms with E-state index in [1.165, 1.54) is 6.21 Å². The first-order chi connectivity index (χ1) is 10.1. The molecule has 0 bridgehead atoms. The van der Waals surface area contributed by atoms with Gasteiger partial charge in [-0.25, -0.2) is 0 Å². The Balaban J connectivity index is 2.23. The third kappa shape index (κ3) is 4.22. The van der Waals surface area contributed by atoms with Crippen molar-refractivity contribution in [3.8, 4) is 11.5 Å². The van der Waals surface area contributed by atoms with Crippen LogP contribution in [-0.2, 0) is 6.61 Å². The number of benzene rings is 2. The molecule has 0 unspecified atom stereocenters. The van der Waals surface area contributed by atoms with Gasteiger partial charge in [0.05, 0.1) is 17.8 Å². The molecule has 0 aliphatic rings. The Morgan fingerprint density at radius 2 is 2.05 bits per heavy atom. The SMILES string of the molecule is COc1cc(/C=N/O)cc(Br)c1OCc1cccc(Br)c1. The van der Waals surface area contributed by atoms with Crippen LogP contribution in [0.15, 0.2) is 50.5 Å². The van der Waals surface area contributed by atoms with E-state index in [0.29, 0.717) is 23.7 Å². The lowest BCUT2D eigenvalue weighted by atomic mass is 10.2. The Kier molecular flexibility index (Phi) is 5.64. The highest BCUT2D eigenvalue weighted by molar-refractivity contribution is 9.10. The molecule has 0 aliphatic heterocycles. The smallest absolute Gasteiger partial charge is 0.175 e. The maximum absolute atomic E-state index is 8.60. The Labute approximate surface area is 139 Å². The molecule has 1 N–H and O–H groups in total. The minimum Gasteiger partial charge on any atom is -0.493 e. The molecule has 2 aromatic carbocycles. The molecule has 2 aromatic rings. The van der Waals surface area contributed by atoms with Gasteiger partial charge in [0, 0.05) is 10.0 Å². The normalized spacial score (nSPS) is 10.8. The van der Waals surface area contributed by atoms with Crippen molar-refractivity contribution in [2.24, 2.45) is 5.16 Å². The van der Waals surface area contributed by atoms with Crippen LogP contribution in [-0.4, -0.2) is 18.5 Å². The largest absolute Gasteiger partial charge is 0.493 e. The van der Waals surface area contributed by atoms with Crippen molar-refractivity contribution in [2.45, 2.75) is 6.61 Å². The number of oxime groups is 1. The second kappa shape index (κ2) is 7.47. The quantitative estimate of drug-likeness (QED) is 0.441. The van der Waals surface area contributed by atoms with Crippen LogP contribution in [0.2, 0.25) is 0 Å². The maximum atomic E-state index is 8.60. The molecule has 110 valence electrons. The van der Waals surface area contributed by atoms with E-state index < -0.39 is 0 Å². The third-order valence-corrected chi connectivity index (χ3v) is 3.81. The highest BCUT2D eigenvalue weighted by Crippen LogP contribution is 2.36. The topological polar surface area (TPSA) is 51.0 Å². The average molecular weight is 415 g/mol. The van der Waals surface area contributed by atoms with Crippen molar-refractivity contribution in [1.29, 1.82) is 0 Å². The summed E-state index contributed by atoms with van der Waals surface area (Å²) in [5, 5.41) is 11.6. The molecule has 21 heavy (non-hydrogen) atoms. The van der Waals surface area contributed by atoms with Gasteiger partial charge in [-0.05, 0) is 45.8 Å². The molecule has 0 saturated carbocycles. The lowest BCUT2D eigenvalue weighted by Gasteiger charge is -2.13. The monoisotopic (exact) mass is 413 g/mol. The summed E-state index contributed by atoms with van der Waals surface area (Å²) in [6.07, 6.45) is 1.32. The zero-order chi connectivity index (χ0) is 15.2. The Bertz CT molecular complexity index is 659. The summed E-state index contributed by atoms with van der Waals surface area (Å²) in [6.45, 7) is 0.418. The van der Waals surface area contributed by atoms with Crippen molar-refractivity contribution in [1.82, 2.24) is 0 Å². The van der Waals surface area contributed by atoms with E-state index in [2.05, 4.69) is 37.0 Å². The Morgan fingerprint density at radius 1 is 1.24 bits per heavy atom. The summed E-state index contributed by atoms with van der Waals surface area (Å²) >= 11 is 6.87. The molecule has 2 rings (SSSR count). The molecule has 0 aliphatic carbocycles. The number of nitrogens with zero attached hydrogens (tertiary/aromatic N) is 1. The Hall–Kier alpha value is -1.53. The molecule has 0 aromatic heterocycles. The van der Waals surface area contributed by atoms with Crippen molar-refractivity contribution in [2.75, 3.05) is 7.11 Å². The first-order valence-corrected chi connectivity index (χ1v) is 7.65. The second-order valence-corrected chi connectivity index (χ2v) is 5.97. The molecular weight excluding hydrogens is 402 g/mol. The van der Waals surface area contributed by atoms with E-state index in [-0.39, 0.29) is 0 Å². The van der Waals surface area contributed by atoms with Crippen LogP contribution in [0.4, 0.5) is 0 Å². The van der Waals surface area contributed by atoms with Crippen molar-refractivity contribution in [3.63, 3.8) is 0 Å². The standard InChI is InChI=1S/C15H13Br2NO3/c1-20-14-7-11(8-18-19)6-13(17)15(14)21-9-10-3-2-4-12(16)5-10/h2-8,19H,9H2,1H3/b18-8+. The van der Waals surface area contributed by atoms with Crippen LogP contribution >= 0.6 is 31.9 Å². The number of ether oxygens (including phenoxy) is 2. The van der Waals surface area contributed by atoms with Gasteiger partial charge < -0.3 is 14.7 Å². The Morgan fingerprint density at radius 3 is 2.71 bits per heavy atom. The van der Waals surface area contributed by atoms with Gasteiger partial charge in [-0.1, -0.05) is 33.2 Å². The van der Waals surface area contributed by atoms with Gasteiger partial charge in [0.25, 0.3) is 0 Å². The van der Waals surface area contributed by atoms with E-state index >= 15 is 0 Å². The molecular formula is C15H13Br2NO3. The number of halogens is 2. The third-order valence-electron chi connectivity index (χ3n) is 2.73. The highest BCUT2D eigenvalue weighted by Gasteiger charge is 2.11. The highest BCUT2D eigenvalue weighted by atomic mass is 79.9. The van der Waals surface area contributed by atoms with Gasteiger partial charge in [-0.3, -0.25) is 0 Å². The van der Waals surface area contributed by atoms with Gasteiger partial charge in [0.1, 0.15) is 6.61 Å². The maximum Gasteiger partial charge on any atom is 0.175 e. The number of hydrogen-bond donors (Lipinski definition) is 1. The predicted octanol–water partition coefficient (Wildman–Crippen LogP) is 4.61. The first kappa shape index (κ1) is 15.9. The van der Waals surface area contributed by atoms with Crippen LogP contribution in [0, 0.1) is 0 Å². The van der Waals surface area contributed by atoms with Crippen molar-refractivity contribution < 1.29 is 14.7 Å². The predicted molar refractivity (Wildman–Crippen MR) is 88.5 cm³/mol. The molecule has 0 saturated heterocycles. The van der Waals surface area contributed by atoms with Gasteiger partial charge in [0.2, 0.25) is 0 Å². The van der Waals surface area contributed by atoms with E-state index in [4.69, 9.17) is 14.7 Å². The molecule has 0 atom stereocenters. The van der Waals surface area contributed by atoms with Crippen LogP contribution in [0.5, 0.6) is 11.5 Å². The van der Waals surface area contributed by atoms with Crippen molar-refractivity contribution in [3.05, 3.63) is 56.5 Å². The van der Waals surface area contributed by atoms with Crippen LogP contribution in [0.3, 0.4) is 0 Å². The van der Waals surface area contributed by atoms with Gasteiger partial charge in [-0.15, -0.1) is 0 Å². The summed E-state index contributed by atoms with van der Waals surface area (Å²) in [4.78, 5) is 0. The summed E-state index contributed by atoms with van der Waals surface area (Å²) in [5.74, 6) is 1.17.